The topological polar surface area (TPSA) is 75.6 Å². The van der Waals surface area contributed by atoms with Crippen LogP contribution in [-0.2, 0) is 5.41 Å². The predicted molar refractivity (Wildman–Crippen MR) is 91.0 cm³/mol. The van der Waals surface area contributed by atoms with Crippen molar-refractivity contribution in [2.75, 3.05) is 0 Å². The molecule has 6 heteroatoms. The van der Waals surface area contributed by atoms with E-state index in [1.165, 1.54) is 5.56 Å². The van der Waals surface area contributed by atoms with Gasteiger partial charge < -0.3 is 4.52 Å². The van der Waals surface area contributed by atoms with E-state index in [0.29, 0.717) is 11.6 Å². The molecular weight excluding hydrogens is 368 g/mol. The van der Waals surface area contributed by atoms with Crippen molar-refractivity contribution < 1.29 is 4.52 Å². The van der Waals surface area contributed by atoms with Gasteiger partial charge in [0.05, 0.1) is 11.0 Å². The molecule has 118 valence electrons. The fourth-order valence-corrected chi connectivity index (χ4v) is 3.33. The lowest BCUT2D eigenvalue weighted by atomic mass is 9.64. The molecule has 3 aromatic rings. The van der Waals surface area contributed by atoms with Crippen LogP contribution in [0.25, 0.3) is 11.5 Å². The third kappa shape index (κ3) is 2.42. The molecule has 0 radical (unpaired) electrons. The molecular formula is C18H13BrN4O. The highest BCUT2D eigenvalue weighted by Gasteiger charge is 2.44. The number of nitriles is 1. The fraction of sp³-hybridized carbons (Fsp3) is 0.222. The summed E-state index contributed by atoms with van der Waals surface area (Å²) in [4.78, 5) is 8.67. The lowest BCUT2D eigenvalue weighted by Crippen LogP contribution is -2.36. The average Bonchev–Trinajstić information content (AvgIpc) is 3.06. The zero-order valence-corrected chi connectivity index (χ0v) is 14.3. The summed E-state index contributed by atoms with van der Waals surface area (Å²) >= 11 is 3.48. The van der Waals surface area contributed by atoms with Gasteiger partial charge >= 0.3 is 0 Å². The number of aromatic nitrogens is 3. The minimum absolute atomic E-state index is 0.164. The molecule has 1 fully saturated rings. The van der Waals surface area contributed by atoms with Crippen molar-refractivity contribution in [1.82, 2.24) is 15.1 Å². The molecule has 2 heterocycles. The highest BCUT2D eigenvalue weighted by Crippen LogP contribution is 2.48. The summed E-state index contributed by atoms with van der Waals surface area (Å²) in [7, 11) is 0. The number of halogens is 1. The first-order valence-corrected chi connectivity index (χ1v) is 8.47. The molecule has 1 aromatic carbocycles. The molecule has 4 rings (SSSR count). The van der Waals surface area contributed by atoms with E-state index >= 15 is 0 Å². The van der Waals surface area contributed by atoms with E-state index in [9.17, 15) is 0 Å². The van der Waals surface area contributed by atoms with E-state index in [1.54, 1.807) is 18.3 Å². The number of benzene rings is 1. The predicted octanol–water partition coefficient (Wildman–Crippen LogP) is 4.24. The minimum atomic E-state index is -0.164. The van der Waals surface area contributed by atoms with E-state index in [0.717, 1.165) is 35.1 Å². The zero-order valence-electron chi connectivity index (χ0n) is 12.7. The maximum atomic E-state index is 8.83. The van der Waals surface area contributed by atoms with Crippen LogP contribution in [0.3, 0.4) is 0 Å². The quantitative estimate of drug-likeness (QED) is 0.679. The summed E-state index contributed by atoms with van der Waals surface area (Å²) in [5.74, 6) is 1.15. The van der Waals surface area contributed by atoms with Crippen molar-refractivity contribution in [2.45, 2.75) is 24.7 Å². The molecule has 0 spiro atoms. The molecule has 2 aromatic heterocycles. The highest BCUT2D eigenvalue weighted by atomic mass is 79.9. The van der Waals surface area contributed by atoms with Crippen LogP contribution in [0.2, 0.25) is 0 Å². The Hall–Kier alpha value is -2.52. The molecule has 1 aliphatic carbocycles. The van der Waals surface area contributed by atoms with Crippen LogP contribution in [0.1, 0.15) is 36.3 Å². The van der Waals surface area contributed by atoms with E-state index < -0.39 is 0 Å². The normalized spacial score (nSPS) is 15.5. The maximum Gasteiger partial charge on any atom is 0.259 e. The van der Waals surface area contributed by atoms with Crippen LogP contribution in [0.4, 0.5) is 0 Å². The molecule has 24 heavy (non-hydrogen) atoms. The summed E-state index contributed by atoms with van der Waals surface area (Å²) in [6.07, 6.45) is 4.76. The van der Waals surface area contributed by atoms with Gasteiger partial charge in [-0.1, -0.05) is 39.6 Å². The lowest BCUT2D eigenvalue weighted by Gasteiger charge is -2.39. The highest BCUT2D eigenvalue weighted by molar-refractivity contribution is 9.10. The van der Waals surface area contributed by atoms with Gasteiger partial charge in [-0.25, -0.2) is 4.98 Å². The molecule has 5 nitrogen and oxygen atoms in total. The molecule has 1 saturated carbocycles. The molecule has 0 N–H and O–H groups in total. The first-order valence-electron chi connectivity index (χ1n) is 7.68. The molecule has 0 amide bonds. The van der Waals surface area contributed by atoms with Crippen LogP contribution in [-0.4, -0.2) is 15.1 Å². The molecule has 0 saturated heterocycles. The van der Waals surface area contributed by atoms with Crippen molar-refractivity contribution in [3.8, 4) is 17.5 Å². The SMILES string of the molecule is N#Cc1ccc(-c2nc(C3(c4ccc(Br)cc4)CCC3)no2)cn1. The van der Waals surface area contributed by atoms with E-state index in [2.05, 4.69) is 43.2 Å². The Labute approximate surface area is 147 Å². The van der Waals surface area contributed by atoms with Crippen molar-refractivity contribution >= 4 is 15.9 Å². The number of pyridine rings is 1. The Balaban J connectivity index is 1.70. The smallest absolute Gasteiger partial charge is 0.259 e. The lowest BCUT2D eigenvalue weighted by molar-refractivity contribution is 0.273. The second-order valence-electron chi connectivity index (χ2n) is 5.91. The monoisotopic (exact) mass is 380 g/mol. The number of rotatable bonds is 3. The summed E-state index contributed by atoms with van der Waals surface area (Å²) < 4.78 is 6.51. The van der Waals surface area contributed by atoms with Crippen molar-refractivity contribution in [2.24, 2.45) is 0 Å². The number of nitrogens with zero attached hydrogens (tertiary/aromatic N) is 4. The van der Waals surface area contributed by atoms with Crippen molar-refractivity contribution in [3.05, 3.63) is 64.1 Å². The van der Waals surface area contributed by atoms with E-state index in [4.69, 9.17) is 9.78 Å². The fourth-order valence-electron chi connectivity index (χ4n) is 3.06. The van der Waals surface area contributed by atoms with E-state index in [-0.39, 0.29) is 5.41 Å². The van der Waals surface area contributed by atoms with Crippen LogP contribution >= 0.6 is 15.9 Å². The van der Waals surface area contributed by atoms with Crippen LogP contribution in [0, 0.1) is 11.3 Å². The summed E-state index contributed by atoms with van der Waals surface area (Å²) in [6, 6.07) is 13.7. The molecule has 0 bridgehead atoms. The van der Waals surface area contributed by atoms with E-state index in [1.807, 2.05) is 18.2 Å². The van der Waals surface area contributed by atoms with Crippen LogP contribution in [0.5, 0.6) is 0 Å². The molecule has 1 aliphatic rings. The van der Waals surface area contributed by atoms with Gasteiger partial charge in [-0.3, -0.25) is 0 Å². The number of hydrogen-bond acceptors (Lipinski definition) is 5. The zero-order chi connectivity index (χ0) is 16.6. The van der Waals surface area contributed by atoms with Gasteiger partial charge in [-0.15, -0.1) is 0 Å². The molecule has 0 atom stereocenters. The summed E-state index contributed by atoms with van der Waals surface area (Å²) in [5, 5.41) is 13.1. The third-order valence-corrected chi connectivity index (χ3v) is 5.11. The largest absolute Gasteiger partial charge is 0.334 e. The Morgan fingerprint density at radius 1 is 1.12 bits per heavy atom. The first-order chi connectivity index (χ1) is 11.7. The van der Waals surface area contributed by atoms with Crippen LogP contribution in [0.15, 0.2) is 51.6 Å². The van der Waals surface area contributed by atoms with Gasteiger partial charge in [0.1, 0.15) is 11.8 Å². The van der Waals surface area contributed by atoms with Gasteiger partial charge in [0, 0.05) is 10.7 Å². The first kappa shape index (κ1) is 15.0. The standard InChI is InChI=1S/C18H13BrN4O/c19-14-5-3-13(4-6-14)18(8-1-9-18)17-22-16(24-23-17)12-2-7-15(10-20)21-11-12/h2-7,11H,1,8-9H2. The second-order valence-corrected chi connectivity index (χ2v) is 6.83. The molecule has 0 unspecified atom stereocenters. The van der Waals surface area contributed by atoms with Gasteiger partial charge in [-0.05, 0) is 42.7 Å². The van der Waals surface area contributed by atoms with Gasteiger partial charge in [0.25, 0.3) is 5.89 Å². The number of hydrogen-bond donors (Lipinski definition) is 0. The Bertz CT molecular complexity index is 905. The van der Waals surface area contributed by atoms with Gasteiger partial charge in [0.15, 0.2) is 5.82 Å². The second kappa shape index (κ2) is 5.84. The Morgan fingerprint density at radius 2 is 1.92 bits per heavy atom. The van der Waals surface area contributed by atoms with Gasteiger partial charge in [0.2, 0.25) is 0 Å². The Kier molecular flexibility index (Phi) is 3.66. The minimum Gasteiger partial charge on any atom is -0.334 e. The van der Waals surface area contributed by atoms with Crippen LogP contribution < -0.4 is 0 Å². The Morgan fingerprint density at radius 3 is 2.50 bits per heavy atom. The van der Waals surface area contributed by atoms with Gasteiger partial charge in [-0.2, -0.15) is 10.2 Å². The summed E-state index contributed by atoms with van der Waals surface area (Å²) in [5.41, 5.74) is 2.13. The maximum absolute atomic E-state index is 8.83. The summed E-state index contributed by atoms with van der Waals surface area (Å²) in [6.45, 7) is 0. The average molecular weight is 381 g/mol. The third-order valence-electron chi connectivity index (χ3n) is 4.58. The van der Waals surface area contributed by atoms with Crippen molar-refractivity contribution in [3.63, 3.8) is 0 Å². The van der Waals surface area contributed by atoms with Crippen molar-refractivity contribution in [1.29, 1.82) is 5.26 Å². The molecule has 0 aliphatic heterocycles.